The number of hydrogen-bond donors (Lipinski definition) is 2. The molecule has 2 N–H and O–H groups in total. The van der Waals surface area contributed by atoms with Crippen molar-refractivity contribution in [2.24, 2.45) is 0 Å². The molecule has 0 bridgehead atoms. The van der Waals surface area contributed by atoms with Crippen molar-refractivity contribution in [3.8, 4) is 0 Å². The van der Waals surface area contributed by atoms with Gasteiger partial charge in [0.2, 0.25) is 5.91 Å². The van der Waals surface area contributed by atoms with Gasteiger partial charge in [-0.15, -0.1) is 0 Å². The Morgan fingerprint density at radius 3 is 2.34 bits per heavy atom. The average Bonchev–Trinajstić information content (AvgIpc) is 2.69. The van der Waals surface area contributed by atoms with Gasteiger partial charge in [0.15, 0.2) is 0 Å². The van der Waals surface area contributed by atoms with E-state index < -0.39 is 29.6 Å². The summed E-state index contributed by atoms with van der Waals surface area (Å²) in [5, 5.41) is 4.89. The highest BCUT2D eigenvalue weighted by Crippen LogP contribution is 2.18. The molecule has 2 aromatic carbocycles. The topological polar surface area (TPSA) is 102 Å². The predicted molar refractivity (Wildman–Crippen MR) is 110 cm³/mol. The van der Waals surface area contributed by atoms with Crippen LogP contribution in [-0.2, 0) is 17.9 Å². The molecular formula is C20H19ClN4O4. The van der Waals surface area contributed by atoms with E-state index in [1.54, 1.807) is 19.1 Å². The van der Waals surface area contributed by atoms with Gasteiger partial charge in [0, 0.05) is 11.6 Å². The van der Waals surface area contributed by atoms with Crippen LogP contribution in [0.1, 0.15) is 12.5 Å². The lowest BCUT2D eigenvalue weighted by molar-refractivity contribution is -0.120. The molecule has 0 spiro atoms. The summed E-state index contributed by atoms with van der Waals surface area (Å²) >= 11 is 6.09. The predicted octanol–water partition coefficient (Wildman–Crippen LogP) is 1.71. The van der Waals surface area contributed by atoms with Gasteiger partial charge in [-0.1, -0.05) is 41.9 Å². The molecule has 0 atom stereocenters. The van der Waals surface area contributed by atoms with Crippen LogP contribution < -0.4 is 21.8 Å². The van der Waals surface area contributed by atoms with Crippen LogP contribution in [0.4, 0.5) is 4.79 Å². The second-order valence-electron chi connectivity index (χ2n) is 6.31. The summed E-state index contributed by atoms with van der Waals surface area (Å²) in [5.41, 5.74) is -0.0223. The fraction of sp³-hybridized carbons (Fsp3) is 0.200. The summed E-state index contributed by atoms with van der Waals surface area (Å²) in [7, 11) is 0. The number of halogens is 1. The Bertz CT molecular complexity index is 1180. The number of aromatic nitrogens is 2. The lowest BCUT2D eigenvalue weighted by Gasteiger charge is -2.15. The molecule has 0 aliphatic heterocycles. The third kappa shape index (κ3) is 4.55. The molecule has 0 radical (unpaired) electrons. The molecule has 1 heterocycles. The zero-order chi connectivity index (χ0) is 21.0. The van der Waals surface area contributed by atoms with Crippen LogP contribution in [0.2, 0.25) is 5.02 Å². The van der Waals surface area contributed by atoms with Crippen molar-refractivity contribution in [2.45, 2.75) is 20.0 Å². The Morgan fingerprint density at radius 2 is 1.66 bits per heavy atom. The van der Waals surface area contributed by atoms with Crippen molar-refractivity contribution in [1.29, 1.82) is 0 Å². The van der Waals surface area contributed by atoms with Crippen LogP contribution in [0.5, 0.6) is 0 Å². The van der Waals surface area contributed by atoms with Gasteiger partial charge in [-0.25, -0.2) is 4.79 Å². The number of hydrogen-bond acceptors (Lipinski definition) is 4. The maximum Gasteiger partial charge on any atom is 0.321 e. The Morgan fingerprint density at radius 1 is 0.966 bits per heavy atom. The number of carbonyl (C=O) groups is 2. The summed E-state index contributed by atoms with van der Waals surface area (Å²) < 4.78 is 2.38. The maximum absolute atomic E-state index is 12.8. The highest BCUT2D eigenvalue weighted by atomic mass is 35.5. The summed E-state index contributed by atoms with van der Waals surface area (Å²) in [4.78, 5) is 49.3. The summed E-state index contributed by atoms with van der Waals surface area (Å²) in [6.07, 6.45) is 0. The van der Waals surface area contributed by atoms with Crippen molar-refractivity contribution in [1.82, 2.24) is 19.8 Å². The van der Waals surface area contributed by atoms with Gasteiger partial charge in [-0.05, 0) is 30.7 Å². The molecule has 0 saturated carbocycles. The lowest BCUT2D eigenvalue weighted by Crippen LogP contribution is -2.46. The molecule has 8 nitrogen and oxygen atoms in total. The molecule has 3 aromatic rings. The van der Waals surface area contributed by atoms with E-state index in [-0.39, 0.29) is 6.54 Å². The van der Waals surface area contributed by atoms with E-state index in [0.717, 1.165) is 10.1 Å². The number of carbonyl (C=O) groups excluding carboxylic acids is 2. The van der Waals surface area contributed by atoms with Gasteiger partial charge in [-0.3, -0.25) is 28.8 Å². The van der Waals surface area contributed by atoms with Gasteiger partial charge in [0.05, 0.1) is 17.6 Å². The first-order chi connectivity index (χ1) is 13.9. The number of rotatable bonds is 5. The van der Waals surface area contributed by atoms with Crippen molar-refractivity contribution in [3.63, 3.8) is 0 Å². The maximum atomic E-state index is 12.8. The number of fused-ring (bicyclic) bond motifs is 1. The van der Waals surface area contributed by atoms with E-state index in [1.165, 1.54) is 10.6 Å². The van der Waals surface area contributed by atoms with Gasteiger partial charge in [-0.2, -0.15) is 0 Å². The first-order valence-corrected chi connectivity index (χ1v) is 9.33. The van der Waals surface area contributed by atoms with Crippen molar-refractivity contribution >= 4 is 34.6 Å². The van der Waals surface area contributed by atoms with Crippen LogP contribution >= 0.6 is 11.6 Å². The molecule has 3 amide bonds. The third-order valence-electron chi connectivity index (χ3n) is 4.27. The Balaban J connectivity index is 2.09. The fourth-order valence-corrected chi connectivity index (χ4v) is 3.15. The first kappa shape index (κ1) is 20.3. The van der Waals surface area contributed by atoms with Gasteiger partial charge < -0.3 is 5.32 Å². The van der Waals surface area contributed by atoms with Crippen LogP contribution in [-0.4, -0.2) is 27.6 Å². The normalized spacial score (nSPS) is 10.7. The molecule has 0 saturated heterocycles. The second-order valence-corrected chi connectivity index (χ2v) is 6.75. The van der Waals surface area contributed by atoms with E-state index in [4.69, 9.17) is 11.6 Å². The molecule has 29 heavy (non-hydrogen) atoms. The van der Waals surface area contributed by atoms with Gasteiger partial charge in [0.25, 0.3) is 0 Å². The molecule has 0 aliphatic rings. The molecule has 150 valence electrons. The number of urea groups is 1. The largest absolute Gasteiger partial charge is 0.338 e. The van der Waals surface area contributed by atoms with Crippen LogP contribution in [0, 0.1) is 0 Å². The van der Waals surface area contributed by atoms with Crippen molar-refractivity contribution in [3.05, 3.63) is 79.8 Å². The van der Waals surface area contributed by atoms with E-state index in [1.807, 2.05) is 30.3 Å². The number of nitrogens with one attached hydrogen (secondary N) is 2. The molecular weight excluding hydrogens is 396 g/mol. The van der Waals surface area contributed by atoms with Crippen LogP contribution in [0.25, 0.3) is 11.0 Å². The summed E-state index contributed by atoms with van der Waals surface area (Å²) in [6.45, 7) is 1.75. The number of nitrogens with zero attached hydrogens (tertiary/aromatic N) is 2. The number of amides is 3. The Labute approximate surface area is 170 Å². The Hall–Kier alpha value is -3.39. The molecule has 1 aromatic heterocycles. The molecule has 0 fully saturated rings. The van der Waals surface area contributed by atoms with E-state index in [2.05, 4.69) is 10.6 Å². The minimum Gasteiger partial charge on any atom is -0.338 e. The second kappa shape index (κ2) is 8.74. The van der Waals surface area contributed by atoms with Crippen molar-refractivity contribution < 1.29 is 9.59 Å². The van der Waals surface area contributed by atoms with Crippen LogP contribution in [0.15, 0.2) is 58.1 Å². The van der Waals surface area contributed by atoms with Crippen LogP contribution in [0.3, 0.4) is 0 Å². The summed E-state index contributed by atoms with van der Waals surface area (Å²) in [6, 6.07) is 13.3. The quantitative estimate of drug-likeness (QED) is 0.620. The molecule has 9 heteroatoms. The van der Waals surface area contributed by atoms with Gasteiger partial charge in [0.1, 0.15) is 6.54 Å². The highest BCUT2D eigenvalue weighted by Gasteiger charge is 2.17. The lowest BCUT2D eigenvalue weighted by atomic mass is 10.2. The zero-order valence-corrected chi connectivity index (χ0v) is 16.4. The first-order valence-electron chi connectivity index (χ1n) is 8.95. The SMILES string of the molecule is CCNC(=O)NC(=O)Cn1c(=O)c(=O)n(Cc2ccccc2)c2ccc(Cl)cc21. The van der Waals surface area contributed by atoms with E-state index >= 15 is 0 Å². The monoisotopic (exact) mass is 414 g/mol. The van der Waals surface area contributed by atoms with Gasteiger partial charge >= 0.3 is 17.1 Å². The number of imide groups is 1. The fourth-order valence-electron chi connectivity index (χ4n) is 2.99. The third-order valence-corrected chi connectivity index (χ3v) is 4.50. The zero-order valence-electron chi connectivity index (χ0n) is 15.6. The van der Waals surface area contributed by atoms with Crippen molar-refractivity contribution in [2.75, 3.05) is 6.54 Å². The molecule has 0 aliphatic carbocycles. The average molecular weight is 415 g/mol. The molecule has 3 rings (SSSR count). The standard InChI is InChI=1S/C20H19ClN4O4/c1-2-22-20(29)23-17(26)12-25-16-10-14(21)8-9-15(16)24(18(27)19(25)28)11-13-6-4-3-5-7-13/h3-10H,2,11-12H2,1H3,(H2,22,23,26,29). The van der Waals surface area contributed by atoms with E-state index in [9.17, 15) is 19.2 Å². The minimum absolute atomic E-state index is 0.193. The Kier molecular flexibility index (Phi) is 6.13. The minimum atomic E-state index is -0.873. The molecule has 0 unspecified atom stereocenters. The summed E-state index contributed by atoms with van der Waals surface area (Å²) in [5.74, 6) is -0.723. The number of benzene rings is 2. The smallest absolute Gasteiger partial charge is 0.321 e. The van der Waals surface area contributed by atoms with E-state index in [0.29, 0.717) is 22.6 Å². The highest BCUT2D eigenvalue weighted by molar-refractivity contribution is 6.31.